The molecule has 6 heteroatoms. The predicted molar refractivity (Wildman–Crippen MR) is 78.7 cm³/mol. The summed E-state index contributed by atoms with van der Waals surface area (Å²) >= 11 is 11.9. The van der Waals surface area contributed by atoms with Crippen LogP contribution in [0.25, 0.3) is 0 Å². The number of carbonyl (C=O) groups excluding carboxylic acids is 1. The first kappa shape index (κ1) is 14.6. The van der Waals surface area contributed by atoms with E-state index >= 15 is 0 Å². The molecule has 0 aliphatic rings. The lowest BCUT2D eigenvalue weighted by molar-refractivity contribution is 0.251. The van der Waals surface area contributed by atoms with Crippen molar-refractivity contribution >= 4 is 34.9 Å². The van der Waals surface area contributed by atoms with Gasteiger partial charge >= 0.3 is 6.03 Å². The van der Waals surface area contributed by atoms with E-state index in [1.165, 1.54) is 12.1 Å². The van der Waals surface area contributed by atoms with Crippen molar-refractivity contribution in [1.29, 1.82) is 0 Å². The maximum Gasteiger partial charge on any atom is 0.319 e. The largest absolute Gasteiger partial charge is 0.334 e. The molecule has 0 heterocycles. The molecule has 2 aromatic carbocycles. The number of hydrogen-bond donors (Lipinski definition) is 2. The molecule has 0 unspecified atom stereocenters. The van der Waals surface area contributed by atoms with Crippen LogP contribution in [-0.2, 0) is 6.54 Å². The molecule has 2 amide bonds. The molecule has 0 aliphatic heterocycles. The Kier molecular flexibility index (Phi) is 4.82. The molecule has 0 aliphatic carbocycles. The molecule has 0 atom stereocenters. The number of para-hydroxylation sites is 1. The second-order valence-corrected chi connectivity index (χ2v) is 4.85. The van der Waals surface area contributed by atoms with Crippen LogP contribution in [-0.4, -0.2) is 6.03 Å². The molecule has 20 heavy (non-hydrogen) atoms. The van der Waals surface area contributed by atoms with Gasteiger partial charge in [-0.1, -0.05) is 41.4 Å². The van der Waals surface area contributed by atoms with Gasteiger partial charge in [-0.3, -0.25) is 0 Å². The van der Waals surface area contributed by atoms with Gasteiger partial charge in [-0.05, 0) is 29.8 Å². The Labute approximate surface area is 125 Å². The van der Waals surface area contributed by atoms with Gasteiger partial charge in [0.05, 0.1) is 15.7 Å². The third-order valence-electron chi connectivity index (χ3n) is 2.54. The molecule has 0 aromatic heterocycles. The van der Waals surface area contributed by atoms with Crippen LogP contribution < -0.4 is 10.6 Å². The zero-order chi connectivity index (χ0) is 14.5. The highest BCUT2D eigenvalue weighted by atomic mass is 35.5. The topological polar surface area (TPSA) is 41.1 Å². The molecule has 0 radical (unpaired) electrons. The number of nitrogens with one attached hydrogen (secondary N) is 2. The van der Waals surface area contributed by atoms with E-state index in [1.54, 1.807) is 30.3 Å². The molecular formula is C14H11Cl2FN2O. The molecule has 2 aromatic rings. The zero-order valence-electron chi connectivity index (χ0n) is 10.3. The van der Waals surface area contributed by atoms with Crippen molar-refractivity contribution in [3.63, 3.8) is 0 Å². The number of rotatable bonds is 3. The fourth-order valence-corrected chi connectivity index (χ4v) is 2.10. The van der Waals surface area contributed by atoms with E-state index in [4.69, 9.17) is 23.2 Å². The first-order chi connectivity index (χ1) is 9.56. The van der Waals surface area contributed by atoms with Crippen molar-refractivity contribution < 1.29 is 9.18 Å². The Bertz CT molecular complexity index is 614. The molecule has 3 nitrogen and oxygen atoms in total. The van der Waals surface area contributed by atoms with Gasteiger partial charge in [-0.25, -0.2) is 9.18 Å². The highest BCUT2D eigenvalue weighted by molar-refractivity contribution is 6.39. The van der Waals surface area contributed by atoms with Crippen molar-refractivity contribution in [2.45, 2.75) is 6.54 Å². The van der Waals surface area contributed by atoms with E-state index in [9.17, 15) is 9.18 Å². The van der Waals surface area contributed by atoms with Gasteiger partial charge in [0.25, 0.3) is 0 Å². The van der Waals surface area contributed by atoms with E-state index in [-0.39, 0.29) is 12.4 Å². The van der Waals surface area contributed by atoms with E-state index in [2.05, 4.69) is 10.6 Å². The SMILES string of the molecule is O=C(NCc1cccc(F)c1)Nc1c(Cl)cccc1Cl. The van der Waals surface area contributed by atoms with Crippen molar-refractivity contribution in [3.05, 3.63) is 63.9 Å². The summed E-state index contributed by atoms with van der Waals surface area (Å²) in [5.41, 5.74) is 0.998. The van der Waals surface area contributed by atoms with Crippen molar-refractivity contribution in [2.24, 2.45) is 0 Å². The zero-order valence-corrected chi connectivity index (χ0v) is 11.8. The van der Waals surface area contributed by atoms with Gasteiger partial charge < -0.3 is 10.6 Å². The predicted octanol–water partition coefficient (Wildman–Crippen LogP) is 4.45. The number of benzene rings is 2. The lowest BCUT2D eigenvalue weighted by Gasteiger charge is -2.10. The monoisotopic (exact) mass is 312 g/mol. The number of anilines is 1. The van der Waals surface area contributed by atoms with E-state index in [0.29, 0.717) is 21.3 Å². The molecule has 0 spiro atoms. The van der Waals surface area contributed by atoms with Crippen LogP contribution in [0.5, 0.6) is 0 Å². The lowest BCUT2D eigenvalue weighted by atomic mass is 10.2. The third-order valence-corrected chi connectivity index (χ3v) is 3.17. The summed E-state index contributed by atoms with van der Waals surface area (Å²) in [6, 6.07) is 10.4. The van der Waals surface area contributed by atoms with E-state index < -0.39 is 6.03 Å². The number of hydrogen-bond acceptors (Lipinski definition) is 1. The minimum absolute atomic E-state index is 0.200. The molecule has 2 N–H and O–H groups in total. The molecular weight excluding hydrogens is 302 g/mol. The second kappa shape index (κ2) is 6.59. The van der Waals surface area contributed by atoms with Gasteiger partial charge in [0, 0.05) is 6.54 Å². The first-order valence-corrected chi connectivity index (χ1v) is 6.55. The fourth-order valence-electron chi connectivity index (χ4n) is 1.60. The summed E-state index contributed by atoms with van der Waals surface area (Å²) in [5, 5.41) is 5.84. The molecule has 2 rings (SSSR count). The summed E-state index contributed by atoms with van der Waals surface area (Å²) in [4.78, 5) is 11.7. The average molecular weight is 313 g/mol. The van der Waals surface area contributed by atoms with Gasteiger partial charge in [0.15, 0.2) is 0 Å². The Morgan fingerprint density at radius 3 is 2.40 bits per heavy atom. The van der Waals surface area contributed by atoms with Crippen LogP contribution in [0.3, 0.4) is 0 Å². The minimum atomic E-state index is -0.468. The van der Waals surface area contributed by atoms with Gasteiger partial charge in [-0.15, -0.1) is 0 Å². The summed E-state index contributed by atoms with van der Waals surface area (Å²) in [7, 11) is 0. The fraction of sp³-hybridized carbons (Fsp3) is 0.0714. The number of urea groups is 1. The minimum Gasteiger partial charge on any atom is -0.334 e. The smallest absolute Gasteiger partial charge is 0.319 e. The normalized spacial score (nSPS) is 10.2. The summed E-state index contributed by atoms with van der Waals surface area (Å²) in [6.45, 7) is 0.200. The van der Waals surface area contributed by atoms with Crippen LogP contribution in [0.1, 0.15) is 5.56 Å². The standard InChI is InChI=1S/C14H11Cl2FN2O/c15-11-5-2-6-12(16)13(11)19-14(20)18-8-9-3-1-4-10(17)7-9/h1-7H,8H2,(H2,18,19,20). The summed E-state index contributed by atoms with van der Waals surface area (Å²) in [5.74, 6) is -0.348. The molecule has 104 valence electrons. The molecule has 0 fully saturated rings. The maximum absolute atomic E-state index is 13.0. The Balaban J connectivity index is 1.96. The summed E-state index contributed by atoms with van der Waals surface area (Å²) in [6.07, 6.45) is 0. The van der Waals surface area contributed by atoms with Crippen LogP contribution in [0.2, 0.25) is 10.0 Å². The van der Waals surface area contributed by atoms with E-state index in [0.717, 1.165) is 0 Å². The number of amides is 2. The van der Waals surface area contributed by atoms with Gasteiger partial charge in [0.2, 0.25) is 0 Å². The van der Waals surface area contributed by atoms with Gasteiger partial charge in [-0.2, -0.15) is 0 Å². The highest BCUT2D eigenvalue weighted by Crippen LogP contribution is 2.29. The molecule has 0 saturated heterocycles. The second-order valence-electron chi connectivity index (χ2n) is 4.03. The van der Waals surface area contributed by atoms with Crippen molar-refractivity contribution in [3.8, 4) is 0 Å². The third kappa shape index (κ3) is 3.85. The van der Waals surface area contributed by atoms with E-state index in [1.807, 2.05) is 0 Å². The average Bonchev–Trinajstić information content (AvgIpc) is 2.41. The Hall–Kier alpha value is -1.78. The quantitative estimate of drug-likeness (QED) is 0.863. The number of halogens is 3. The lowest BCUT2D eigenvalue weighted by Crippen LogP contribution is -2.28. The van der Waals surface area contributed by atoms with Crippen molar-refractivity contribution in [2.75, 3.05) is 5.32 Å². The maximum atomic E-state index is 13.0. The van der Waals surface area contributed by atoms with Crippen LogP contribution in [0.4, 0.5) is 14.9 Å². The summed E-state index contributed by atoms with van der Waals surface area (Å²) < 4.78 is 13.0. The van der Waals surface area contributed by atoms with Crippen molar-refractivity contribution in [1.82, 2.24) is 5.32 Å². The van der Waals surface area contributed by atoms with Crippen LogP contribution in [0.15, 0.2) is 42.5 Å². The highest BCUT2D eigenvalue weighted by Gasteiger charge is 2.09. The Morgan fingerprint density at radius 1 is 1.10 bits per heavy atom. The van der Waals surface area contributed by atoms with Crippen LogP contribution >= 0.6 is 23.2 Å². The Morgan fingerprint density at radius 2 is 1.75 bits per heavy atom. The number of carbonyl (C=O) groups is 1. The molecule has 0 saturated carbocycles. The van der Waals surface area contributed by atoms with Crippen LogP contribution in [0, 0.1) is 5.82 Å². The first-order valence-electron chi connectivity index (χ1n) is 5.79. The molecule has 0 bridgehead atoms. The van der Waals surface area contributed by atoms with Gasteiger partial charge in [0.1, 0.15) is 5.82 Å².